The summed E-state index contributed by atoms with van der Waals surface area (Å²) in [5, 5.41) is 0.933. The quantitative estimate of drug-likeness (QED) is 0.760. The molecule has 1 heterocycles. The van der Waals surface area contributed by atoms with E-state index in [4.69, 9.17) is 10.2 Å². The summed E-state index contributed by atoms with van der Waals surface area (Å²) in [7, 11) is 0. The molecule has 4 heteroatoms. The number of fused-ring (bicyclic) bond motifs is 1. The SMILES string of the molecule is Cc1ccc2c(C)c(C(N)c3cc(F)ccc3F)oc2c1. The normalized spacial score (nSPS) is 12.8. The lowest BCUT2D eigenvalue weighted by molar-refractivity contribution is 0.503. The van der Waals surface area contributed by atoms with Gasteiger partial charge in [0.1, 0.15) is 23.0 Å². The first kappa shape index (κ1) is 13.8. The van der Waals surface area contributed by atoms with E-state index in [1.165, 1.54) is 0 Å². The Morgan fingerprint density at radius 3 is 2.57 bits per heavy atom. The molecular weight excluding hydrogens is 272 g/mol. The zero-order valence-electron chi connectivity index (χ0n) is 11.8. The lowest BCUT2D eigenvalue weighted by Crippen LogP contribution is -2.14. The second-order valence-electron chi connectivity index (χ2n) is 5.23. The summed E-state index contributed by atoms with van der Waals surface area (Å²) in [6.45, 7) is 3.83. The molecule has 0 aliphatic carbocycles. The van der Waals surface area contributed by atoms with Crippen LogP contribution in [0.2, 0.25) is 0 Å². The maximum atomic E-state index is 13.9. The number of hydrogen-bond acceptors (Lipinski definition) is 2. The monoisotopic (exact) mass is 287 g/mol. The number of benzene rings is 2. The Kier molecular flexibility index (Phi) is 3.26. The summed E-state index contributed by atoms with van der Waals surface area (Å²) in [6, 6.07) is 8.24. The number of halogens is 2. The van der Waals surface area contributed by atoms with E-state index in [2.05, 4.69) is 0 Å². The van der Waals surface area contributed by atoms with E-state index in [9.17, 15) is 8.78 Å². The summed E-state index contributed by atoms with van der Waals surface area (Å²) >= 11 is 0. The molecule has 0 saturated carbocycles. The fourth-order valence-electron chi connectivity index (χ4n) is 2.54. The molecule has 21 heavy (non-hydrogen) atoms. The van der Waals surface area contributed by atoms with Crippen LogP contribution in [-0.2, 0) is 0 Å². The van der Waals surface area contributed by atoms with Crippen molar-refractivity contribution in [2.24, 2.45) is 5.73 Å². The van der Waals surface area contributed by atoms with Crippen molar-refractivity contribution < 1.29 is 13.2 Å². The van der Waals surface area contributed by atoms with E-state index in [0.29, 0.717) is 11.3 Å². The Bertz CT molecular complexity index is 823. The van der Waals surface area contributed by atoms with Gasteiger partial charge in [0.05, 0.1) is 6.04 Å². The van der Waals surface area contributed by atoms with Gasteiger partial charge in [-0.25, -0.2) is 8.78 Å². The number of furan rings is 1. The van der Waals surface area contributed by atoms with Crippen molar-refractivity contribution in [1.82, 2.24) is 0 Å². The van der Waals surface area contributed by atoms with Crippen LogP contribution in [0.5, 0.6) is 0 Å². The zero-order valence-corrected chi connectivity index (χ0v) is 11.8. The van der Waals surface area contributed by atoms with Crippen molar-refractivity contribution in [2.75, 3.05) is 0 Å². The van der Waals surface area contributed by atoms with Gasteiger partial charge in [-0.2, -0.15) is 0 Å². The smallest absolute Gasteiger partial charge is 0.134 e. The van der Waals surface area contributed by atoms with Crippen LogP contribution in [-0.4, -0.2) is 0 Å². The zero-order chi connectivity index (χ0) is 15.1. The van der Waals surface area contributed by atoms with Gasteiger partial charge >= 0.3 is 0 Å². The van der Waals surface area contributed by atoms with Crippen LogP contribution >= 0.6 is 0 Å². The Labute approximate surface area is 121 Å². The number of rotatable bonds is 2. The van der Waals surface area contributed by atoms with Crippen molar-refractivity contribution in [1.29, 1.82) is 0 Å². The molecule has 2 nitrogen and oxygen atoms in total. The average Bonchev–Trinajstić information content (AvgIpc) is 2.77. The average molecular weight is 287 g/mol. The molecule has 1 aromatic heterocycles. The van der Waals surface area contributed by atoms with Crippen molar-refractivity contribution in [3.8, 4) is 0 Å². The minimum atomic E-state index is -0.839. The summed E-state index contributed by atoms with van der Waals surface area (Å²) in [5.74, 6) is -0.605. The van der Waals surface area contributed by atoms with Gasteiger partial charge < -0.3 is 10.2 Å². The van der Waals surface area contributed by atoms with Crippen molar-refractivity contribution in [3.63, 3.8) is 0 Å². The molecule has 1 atom stereocenters. The van der Waals surface area contributed by atoms with Crippen LogP contribution in [0.15, 0.2) is 40.8 Å². The third-order valence-corrected chi connectivity index (χ3v) is 3.71. The molecule has 3 aromatic rings. The van der Waals surface area contributed by atoms with Crippen LogP contribution < -0.4 is 5.73 Å². The fraction of sp³-hybridized carbons (Fsp3) is 0.176. The topological polar surface area (TPSA) is 39.2 Å². The van der Waals surface area contributed by atoms with Crippen LogP contribution in [0.3, 0.4) is 0 Å². The molecular formula is C17H15F2NO. The second-order valence-corrected chi connectivity index (χ2v) is 5.23. The van der Waals surface area contributed by atoms with Crippen LogP contribution in [0.4, 0.5) is 8.78 Å². The Hall–Kier alpha value is -2.20. The lowest BCUT2D eigenvalue weighted by Gasteiger charge is -2.11. The van der Waals surface area contributed by atoms with E-state index < -0.39 is 17.7 Å². The summed E-state index contributed by atoms with van der Waals surface area (Å²) in [4.78, 5) is 0. The predicted octanol–water partition coefficient (Wildman–Crippen LogP) is 4.38. The predicted molar refractivity (Wildman–Crippen MR) is 78.1 cm³/mol. The molecule has 0 radical (unpaired) electrons. The summed E-state index contributed by atoms with van der Waals surface area (Å²) in [5.41, 5.74) is 8.79. The molecule has 0 spiro atoms. The Morgan fingerprint density at radius 2 is 1.81 bits per heavy atom. The standard InChI is InChI=1S/C17H15F2NO/c1-9-3-5-12-10(2)17(21-15(12)7-9)16(20)13-8-11(18)4-6-14(13)19/h3-8,16H,20H2,1-2H3. The van der Waals surface area contributed by atoms with Gasteiger partial charge in [-0.1, -0.05) is 12.1 Å². The van der Waals surface area contributed by atoms with Crippen molar-refractivity contribution in [3.05, 3.63) is 70.5 Å². The minimum Gasteiger partial charge on any atom is -0.459 e. The van der Waals surface area contributed by atoms with Crippen molar-refractivity contribution >= 4 is 11.0 Å². The highest BCUT2D eigenvalue weighted by Gasteiger charge is 2.21. The van der Waals surface area contributed by atoms with Gasteiger partial charge in [-0.05, 0) is 43.7 Å². The van der Waals surface area contributed by atoms with Gasteiger partial charge in [0, 0.05) is 16.5 Å². The van der Waals surface area contributed by atoms with Gasteiger partial charge in [0.2, 0.25) is 0 Å². The molecule has 2 aromatic carbocycles. The van der Waals surface area contributed by atoms with E-state index in [-0.39, 0.29) is 5.56 Å². The molecule has 3 rings (SSSR count). The van der Waals surface area contributed by atoms with E-state index in [1.54, 1.807) is 0 Å². The van der Waals surface area contributed by atoms with Gasteiger partial charge in [-0.15, -0.1) is 0 Å². The molecule has 0 saturated heterocycles. The Balaban J connectivity index is 2.15. The van der Waals surface area contributed by atoms with E-state index >= 15 is 0 Å². The molecule has 2 N–H and O–H groups in total. The maximum Gasteiger partial charge on any atom is 0.134 e. The van der Waals surface area contributed by atoms with Crippen LogP contribution in [0.1, 0.15) is 28.5 Å². The molecule has 1 unspecified atom stereocenters. The summed E-state index contributed by atoms with van der Waals surface area (Å²) in [6.07, 6.45) is 0. The molecule has 0 bridgehead atoms. The number of aryl methyl sites for hydroxylation is 2. The first-order valence-corrected chi connectivity index (χ1v) is 6.67. The van der Waals surface area contributed by atoms with Gasteiger partial charge in [0.25, 0.3) is 0 Å². The van der Waals surface area contributed by atoms with Crippen LogP contribution in [0.25, 0.3) is 11.0 Å². The molecule has 0 fully saturated rings. The molecule has 0 aliphatic rings. The van der Waals surface area contributed by atoms with Gasteiger partial charge in [-0.3, -0.25) is 0 Å². The van der Waals surface area contributed by atoms with E-state index in [0.717, 1.165) is 34.7 Å². The largest absolute Gasteiger partial charge is 0.459 e. The maximum absolute atomic E-state index is 13.9. The van der Waals surface area contributed by atoms with Gasteiger partial charge in [0.15, 0.2) is 0 Å². The minimum absolute atomic E-state index is 0.0916. The lowest BCUT2D eigenvalue weighted by atomic mass is 10.0. The third kappa shape index (κ3) is 2.32. The first-order valence-electron chi connectivity index (χ1n) is 6.67. The number of nitrogens with two attached hydrogens (primary N) is 1. The first-order chi connectivity index (χ1) is 9.97. The molecule has 0 amide bonds. The summed E-state index contributed by atoms with van der Waals surface area (Å²) < 4.78 is 33.0. The van der Waals surface area contributed by atoms with Crippen molar-refractivity contribution in [2.45, 2.75) is 19.9 Å². The number of hydrogen-bond donors (Lipinski definition) is 1. The van der Waals surface area contributed by atoms with Crippen LogP contribution in [0, 0.1) is 25.5 Å². The Morgan fingerprint density at radius 1 is 1.05 bits per heavy atom. The highest BCUT2D eigenvalue weighted by molar-refractivity contribution is 5.83. The molecule has 0 aliphatic heterocycles. The molecule has 108 valence electrons. The van der Waals surface area contributed by atoms with E-state index in [1.807, 2.05) is 32.0 Å². The second kappa shape index (κ2) is 4.97. The highest BCUT2D eigenvalue weighted by Crippen LogP contribution is 2.33. The highest BCUT2D eigenvalue weighted by atomic mass is 19.1. The fourth-order valence-corrected chi connectivity index (χ4v) is 2.54. The third-order valence-electron chi connectivity index (χ3n) is 3.71.